The third-order valence-electron chi connectivity index (χ3n) is 7.40. The van der Waals surface area contributed by atoms with Crippen LogP contribution in [-0.4, -0.2) is 72.2 Å². The first-order chi connectivity index (χ1) is 21.1. The normalized spacial score (nSPS) is 15.2. The number of sulfonamides is 1. The molecule has 0 aliphatic carbocycles. The SMILES string of the molecule is CCCc1nn(C)c2c(=O)[nH]c(-c3cc(S(=O)(=O)N4CCC(=O)C(=Cc5cc(OC)cc(OC)c5)C4)ccc3OCC)nc12. The lowest BCUT2D eigenvalue weighted by molar-refractivity contribution is -0.116. The van der Waals surface area contributed by atoms with Crippen LogP contribution in [0.15, 0.2) is 51.7 Å². The van der Waals surface area contributed by atoms with Gasteiger partial charge in [-0.2, -0.15) is 9.40 Å². The minimum atomic E-state index is -4.06. The summed E-state index contributed by atoms with van der Waals surface area (Å²) in [6, 6.07) is 9.67. The van der Waals surface area contributed by atoms with Gasteiger partial charge in [-0.3, -0.25) is 14.3 Å². The number of aromatic amines is 1. The molecule has 13 heteroatoms. The Bertz CT molecular complexity index is 1910. The Labute approximate surface area is 255 Å². The van der Waals surface area contributed by atoms with Gasteiger partial charge in [0.25, 0.3) is 5.56 Å². The van der Waals surface area contributed by atoms with Crippen LogP contribution in [0.3, 0.4) is 0 Å². The second kappa shape index (κ2) is 12.6. The van der Waals surface area contributed by atoms with Gasteiger partial charge in [-0.15, -0.1) is 0 Å². The van der Waals surface area contributed by atoms with Gasteiger partial charge in [0.2, 0.25) is 10.0 Å². The smallest absolute Gasteiger partial charge is 0.277 e. The van der Waals surface area contributed by atoms with Crippen molar-refractivity contribution in [3.05, 3.63) is 63.6 Å². The number of benzene rings is 2. The van der Waals surface area contributed by atoms with Crippen molar-refractivity contribution >= 4 is 32.9 Å². The first-order valence-electron chi connectivity index (χ1n) is 14.3. The van der Waals surface area contributed by atoms with Gasteiger partial charge in [0, 0.05) is 38.2 Å². The summed E-state index contributed by atoms with van der Waals surface area (Å²) in [7, 11) is 0.681. The van der Waals surface area contributed by atoms with E-state index in [2.05, 4.69) is 10.1 Å². The highest BCUT2D eigenvalue weighted by Gasteiger charge is 2.32. The molecule has 44 heavy (non-hydrogen) atoms. The summed E-state index contributed by atoms with van der Waals surface area (Å²) < 4.78 is 47.2. The molecule has 5 rings (SSSR count). The molecular weight excluding hydrogens is 586 g/mol. The second-order valence-electron chi connectivity index (χ2n) is 10.4. The van der Waals surface area contributed by atoms with Gasteiger partial charge >= 0.3 is 0 Å². The topological polar surface area (TPSA) is 146 Å². The van der Waals surface area contributed by atoms with Gasteiger partial charge in [0.1, 0.15) is 28.6 Å². The number of piperidine rings is 1. The molecule has 3 heterocycles. The van der Waals surface area contributed by atoms with E-state index in [1.54, 1.807) is 37.4 Å². The van der Waals surface area contributed by atoms with Crippen LogP contribution in [0.2, 0.25) is 0 Å². The van der Waals surface area contributed by atoms with Crippen molar-refractivity contribution in [1.29, 1.82) is 0 Å². The van der Waals surface area contributed by atoms with Crippen LogP contribution >= 0.6 is 0 Å². The molecule has 2 aromatic heterocycles. The molecule has 0 spiro atoms. The molecule has 1 aliphatic rings. The highest BCUT2D eigenvalue weighted by molar-refractivity contribution is 7.89. The van der Waals surface area contributed by atoms with Crippen LogP contribution in [-0.2, 0) is 28.3 Å². The van der Waals surface area contributed by atoms with Crippen LogP contribution in [0.5, 0.6) is 17.2 Å². The van der Waals surface area contributed by atoms with Gasteiger partial charge in [-0.25, -0.2) is 13.4 Å². The molecule has 1 N–H and O–H groups in total. The first kappa shape index (κ1) is 31.0. The Morgan fingerprint density at radius 3 is 2.43 bits per heavy atom. The molecule has 0 atom stereocenters. The highest BCUT2D eigenvalue weighted by atomic mass is 32.2. The molecule has 0 amide bonds. The zero-order chi connectivity index (χ0) is 31.6. The summed E-state index contributed by atoms with van der Waals surface area (Å²) in [4.78, 5) is 33.5. The zero-order valence-electron chi connectivity index (χ0n) is 25.3. The number of H-pyrrole nitrogens is 1. The van der Waals surface area contributed by atoms with Crippen LogP contribution in [0.4, 0.5) is 0 Å². The van der Waals surface area contributed by atoms with E-state index in [4.69, 9.17) is 19.2 Å². The van der Waals surface area contributed by atoms with Crippen LogP contribution in [0, 0.1) is 0 Å². The van der Waals surface area contributed by atoms with E-state index in [1.165, 1.54) is 35.3 Å². The fourth-order valence-corrected chi connectivity index (χ4v) is 6.70. The summed E-state index contributed by atoms with van der Waals surface area (Å²) in [5.41, 5.74) is 2.41. The molecule has 0 bridgehead atoms. The first-order valence-corrected chi connectivity index (χ1v) is 15.7. The minimum absolute atomic E-state index is 0.0181. The van der Waals surface area contributed by atoms with Gasteiger partial charge in [-0.05, 0) is 55.3 Å². The molecule has 1 aliphatic heterocycles. The molecular formula is C31H35N5O7S. The Morgan fingerprint density at radius 2 is 1.77 bits per heavy atom. The number of ether oxygens (including phenoxy) is 3. The number of aryl methyl sites for hydroxylation is 2. The minimum Gasteiger partial charge on any atom is -0.497 e. The quantitative estimate of drug-likeness (QED) is 0.262. The lowest BCUT2D eigenvalue weighted by atomic mass is 10.0. The lowest BCUT2D eigenvalue weighted by Gasteiger charge is -2.27. The standard InChI is InChI=1S/C31H35N5O7S/c1-6-8-25-28-29(35(3)34-25)31(38)33-30(32-28)24-17-23(9-10-27(24)43-7-2)44(39,40)36-12-11-26(37)20(18-36)13-19-14-21(41-4)16-22(15-19)42-5/h9-10,13-17H,6-8,11-12,18H2,1-5H3,(H,32,33,38). The molecule has 232 valence electrons. The Hall–Kier alpha value is -4.49. The Morgan fingerprint density at radius 1 is 1.05 bits per heavy atom. The number of nitrogens with zero attached hydrogens (tertiary/aromatic N) is 4. The number of rotatable bonds is 10. The van der Waals surface area contributed by atoms with Crippen LogP contribution in [0.25, 0.3) is 28.5 Å². The fourth-order valence-electron chi connectivity index (χ4n) is 5.25. The predicted octanol–water partition coefficient (Wildman–Crippen LogP) is 3.74. The number of Topliss-reactive ketones (excluding diaryl/α,β-unsaturated/α-hetero) is 1. The third-order valence-corrected chi connectivity index (χ3v) is 9.24. The summed E-state index contributed by atoms with van der Waals surface area (Å²) in [5.74, 6) is 1.50. The largest absolute Gasteiger partial charge is 0.497 e. The van der Waals surface area contributed by atoms with Crippen molar-refractivity contribution in [2.45, 2.75) is 38.0 Å². The molecule has 2 aromatic carbocycles. The van der Waals surface area contributed by atoms with Crippen LogP contribution < -0.4 is 19.8 Å². The zero-order valence-corrected chi connectivity index (χ0v) is 26.2. The fraction of sp³-hybridized carbons (Fsp3) is 0.355. The second-order valence-corrected chi connectivity index (χ2v) is 12.3. The molecule has 1 fully saturated rings. The summed E-state index contributed by atoms with van der Waals surface area (Å²) >= 11 is 0. The summed E-state index contributed by atoms with van der Waals surface area (Å²) in [6.45, 7) is 4.06. The van der Waals surface area contributed by atoms with Crippen molar-refractivity contribution in [3.8, 4) is 28.6 Å². The van der Waals surface area contributed by atoms with Gasteiger partial charge < -0.3 is 19.2 Å². The molecule has 1 saturated heterocycles. The number of hydrogen-bond donors (Lipinski definition) is 1. The molecule has 0 saturated carbocycles. The van der Waals surface area contributed by atoms with E-state index in [1.807, 2.05) is 13.8 Å². The molecule has 0 unspecified atom stereocenters. The Balaban J connectivity index is 1.55. The monoisotopic (exact) mass is 621 g/mol. The van der Waals surface area contributed by atoms with Crippen molar-refractivity contribution in [2.24, 2.45) is 7.05 Å². The van der Waals surface area contributed by atoms with E-state index in [9.17, 15) is 18.0 Å². The number of nitrogens with one attached hydrogen (secondary N) is 1. The number of carbonyl (C=O) groups is 1. The van der Waals surface area contributed by atoms with Gasteiger partial charge in [0.15, 0.2) is 11.3 Å². The predicted molar refractivity (Wildman–Crippen MR) is 166 cm³/mol. The van der Waals surface area contributed by atoms with Crippen molar-refractivity contribution in [1.82, 2.24) is 24.1 Å². The van der Waals surface area contributed by atoms with Gasteiger partial charge in [0.05, 0.1) is 37.0 Å². The van der Waals surface area contributed by atoms with E-state index < -0.39 is 15.6 Å². The molecule has 0 radical (unpaired) electrons. The average molecular weight is 622 g/mol. The van der Waals surface area contributed by atoms with E-state index in [-0.39, 0.29) is 36.0 Å². The number of aromatic nitrogens is 4. The lowest BCUT2D eigenvalue weighted by Crippen LogP contribution is -2.40. The number of ketones is 1. The van der Waals surface area contributed by atoms with E-state index in [0.29, 0.717) is 63.7 Å². The molecule has 12 nitrogen and oxygen atoms in total. The number of methoxy groups -OCH3 is 2. The average Bonchev–Trinajstić information content (AvgIpc) is 3.33. The van der Waals surface area contributed by atoms with Crippen molar-refractivity contribution in [2.75, 3.05) is 33.9 Å². The third kappa shape index (κ3) is 5.97. The highest BCUT2D eigenvalue weighted by Crippen LogP contribution is 2.33. The van der Waals surface area contributed by atoms with Crippen molar-refractivity contribution < 1.29 is 27.4 Å². The van der Waals surface area contributed by atoms with E-state index >= 15 is 0 Å². The Kier molecular flexibility index (Phi) is 8.88. The number of carbonyl (C=O) groups excluding carboxylic acids is 1. The molecule has 4 aromatic rings. The number of hydrogen-bond acceptors (Lipinski definition) is 9. The number of fused-ring (bicyclic) bond motifs is 1. The van der Waals surface area contributed by atoms with Gasteiger partial charge in [-0.1, -0.05) is 13.3 Å². The maximum atomic E-state index is 14.0. The summed E-state index contributed by atoms with van der Waals surface area (Å²) in [6.07, 6.45) is 3.13. The maximum Gasteiger partial charge on any atom is 0.277 e. The van der Waals surface area contributed by atoms with Crippen molar-refractivity contribution in [3.63, 3.8) is 0 Å². The summed E-state index contributed by atoms with van der Waals surface area (Å²) in [5, 5.41) is 4.47. The maximum absolute atomic E-state index is 14.0. The van der Waals surface area contributed by atoms with E-state index in [0.717, 1.165) is 6.42 Å². The van der Waals surface area contributed by atoms with Crippen LogP contribution in [0.1, 0.15) is 37.9 Å².